The van der Waals surface area contributed by atoms with Gasteiger partial charge in [-0.05, 0) is 25.5 Å². The molecule has 0 fully saturated rings. The molecular formula is C9H12OS. The molecule has 1 aromatic heterocycles. The van der Waals surface area contributed by atoms with Crippen LogP contribution < -0.4 is 0 Å². The lowest BCUT2D eigenvalue weighted by atomic mass is 10.2. The fourth-order valence-corrected chi connectivity index (χ4v) is 1.78. The van der Waals surface area contributed by atoms with E-state index in [0.717, 1.165) is 4.88 Å². The zero-order valence-corrected chi connectivity index (χ0v) is 7.40. The summed E-state index contributed by atoms with van der Waals surface area (Å²) in [6.07, 6.45) is 2.02. The molecule has 2 heteroatoms. The van der Waals surface area contributed by atoms with Crippen LogP contribution in [0.2, 0.25) is 0 Å². The van der Waals surface area contributed by atoms with E-state index in [0.29, 0.717) is 6.42 Å². The highest BCUT2D eigenvalue weighted by atomic mass is 32.1. The van der Waals surface area contributed by atoms with E-state index >= 15 is 0 Å². The minimum atomic E-state index is -0.355. The molecule has 60 valence electrons. The first-order valence-electron chi connectivity index (χ1n) is 3.59. The number of aryl methyl sites for hydroxylation is 1. The molecule has 0 aromatic carbocycles. The van der Waals surface area contributed by atoms with Gasteiger partial charge in [-0.2, -0.15) is 0 Å². The molecule has 0 unspecified atom stereocenters. The van der Waals surface area contributed by atoms with Crippen LogP contribution in [0.5, 0.6) is 0 Å². The van der Waals surface area contributed by atoms with Gasteiger partial charge in [0.25, 0.3) is 0 Å². The Bertz CT molecular complexity index is 239. The van der Waals surface area contributed by atoms with Crippen molar-refractivity contribution in [3.63, 3.8) is 0 Å². The summed E-state index contributed by atoms with van der Waals surface area (Å²) >= 11 is 1.64. The van der Waals surface area contributed by atoms with Gasteiger partial charge >= 0.3 is 0 Å². The van der Waals surface area contributed by atoms with Gasteiger partial charge in [0.1, 0.15) is 0 Å². The van der Waals surface area contributed by atoms with E-state index < -0.39 is 0 Å². The summed E-state index contributed by atoms with van der Waals surface area (Å²) in [7, 11) is 0. The van der Waals surface area contributed by atoms with Crippen LogP contribution in [0, 0.1) is 6.92 Å². The van der Waals surface area contributed by atoms with Crippen LogP contribution in [0.15, 0.2) is 24.8 Å². The first-order chi connectivity index (χ1) is 5.24. The third kappa shape index (κ3) is 2.17. The highest BCUT2D eigenvalue weighted by Gasteiger charge is 2.06. The Morgan fingerprint density at radius 3 is 2.91 bits per heavy atom. The third-order valence-electron chi connectivity index (χ3n) is 1.48. The van der Waals surface area contributed by atoms with E-state index in [1.54, 1.807) is 17.4 Å². The molecule has 0 aliphatic heterocycles. The molecule has 0 saturated carbocycles. The average molecular weight is 168 g/mol. The van der Waals surface area contributed by atoms with Crippen LogP contribution in [0.4, 0.5) is 0 Å². The van der Waals surface area contributed by atoms with Crippen molar-refractivity contribution in [3.05, 3.63) is 34.5 Å². The lowest BCUT2D eigenvalue weighted by Gasteiger charge is -2.02. The van der Waals surface area contributed by atoms with Gasteiger partial charge in [-0.3, -0.25) is 0 Å². The molecule has 1 atom stereocenters. The summed E-state index contributed by atoms with van der Waals surface area (Å²) in [4.78, 5) is 2.27. The van der Waals surface area contributed by atoms with Gasteiger partial charge in [-0.25, -0.2) is 0 Å². The molecule has 1 nitrogen and oxygen atoms in total. The summed E-state index contributed by atoms with van der Waals surface area (Å²) in [5, 5.41) is 9.47. The highest BCUT2D eigenvalue weighted by Crippen LogP contribution is 2.24. The van der Waals surface area contributed by atoms with E-state index in [1.807, 2.05) is 19.1 Å². The fraction of sp³-hybridized carbons (Fsp3) is 0.333. The largest absolute Gasteiger partial charge is 0.387 e. The Morgan fingerprint density at radius 1 is 1.73 bits per heavy atom. The number of hydrogen-bond acceptors (Lipinski definition) is 2. The van der Waals surface area contributed by atoms with Crippen molar-refractivity contribution in [1.82, 2.24) is 0 Å². The molecule has 1 heterocycles. The number of rotatable bonds is 3. The molecule has 0 amide bonds. The highest BCUT2D eigenvalue weighted by molar-refractivity contribution is 7.12. The van der Waals surface area contributed by atoms with Crippen LogP contribution in [0.3, 0.4) is 0 Å². The van der Waals surface area contributed by atoms with E-state index in [9.17, 15) is 5.11 Å². The summed E-state index contributed by atoms with van der Waals surface area (Å²) in [6.45, 7) is 5.61. The first-order valence-corrected chi connectivity index (χ1v) is 4.41. The van der Waals surface area contributed by atoms with Gasteiger partial charge in [-0.15, -0.1) is 17.9 Å². The molecule has 0 aliphatic rings. The quantitative estimate of drug-likeness (QED) is 0.688. The predicted molar refractivity (Wildman–Crippen MR) is 48.8 cm³/mol. The molecule has 11 heavy (non-hydrogen) atoms. The SMILES string of the molecule is C=CC[C@H](O)c1ccc(C)s1. The second-order valence-corrected chi connectivity index (χ2v) is 3.81. The van der Waals surface area contributed by atoms with E-state index in [4.69, 9.17) is 0 Å². The zero-order valence-electron chi connectivity index (χ0n) is 6.58. The molecule has 0 spiro atoms. The van der Waals surface area contributed by atoms with Crippen molar-refractivity contribution in [2.45, 2.75) is 19.4 Å². The maximum Gasteiger partial charge on any atom is 0.0916 e. The van der Waals surface area contributed by atoms with Crippen molar-refractivity contribution >= 4 is 11.3 Å². The van der Waals surface area contributed by atoms with Crippen LogP contribution >= 0.6 is 11.3 Å². The van der Waals surface area contributed by atoms with E-state index in [-0.39, 0.29) is 6.10 Å². The molecule has 0 saturated heterocycles. The maximum absolute atomic E-state index is 9.47. The number of aliphatic hydroxyl groups excluding tert-OH is 1. The number of thiophene rings is 1. The maximum atomic E-state index is 9.47. The van der Waals surface area contributed by atoms with Crippen molar-refractivity contribution < 1.29 is 5.11 Å². The zero-order chi connectivity index (χ0) is 8.27. The van der Waals surface area contributed by atoms with E-state index in [2.05, 4.69) is 6.58 Å². The van der Waals surface area contributed by atoms with Crippen LogP contribution in [-0.2, 0) is 0 Å². The van der Waals surface area contributed by atoms with Crippen LogP contribution in [0.1, 0.15) is 22.3 Å². The van der Waals surface area contributed by atoms with Gasteiger partial charge in [0, 0.05) is 9.75 Å². The number of hydrogen-bond donors (Lipinski definition) is 1. The molecule has 1 N–H and O–H groups in total. The van der Waals surface area contributed by atoms with E-state index in [1.165, 1.54) is 4.88 Å². The molecule has 1 aromatic rings. The third-order valence-corrected chi connectivity index (χ3v) is 2.58. The molecular weight excluding hydrogens is 156 g/mol. The van der Waals surface area contributed by atoms with Gasteiger partial charge in [0.2, 0.25) is 0 Å². The van der Waals surface area contributed by atoms with Crippen LogP contribution in [-0.4, -0.2) is 5.11 Å². The summed E-state index contributed by atoms with van der Waals surface area (Å²) in [5.41, 5.74) is 0. The standard InChI is InChI=1S/C9H12OS/c1-3-4-8(10)9-6-5-7(2)11-9/h3,5-6,8,10H,1,4H2,2H3/t8-/m0/s1. The second-order valence-electron chi connectivity index (χ2n) is 2.49. The molecule has 0 aliphatic carbocycles. The second kappa shape index (κ2) is 3.69. The van der Waals surface area contributed by atoms with Crippen molar-refractivity contribution in [2.75, 3.05) is 0 Å². The summed E-state index contributed by atoms with van der Waals surface area (Å²) < 4.78 is 0. The number of aliphatic hydroxyl groups is 1. The van der Waals surface area contributed by atoms with Crippen LogP contribution in [0.25, 0.3) is 0 Å². The minimum absolute atomic E-state index is 0.355. The topological polar surface area (TPSA) is 20.2 Å². The Hall–Kier alpha value is -0.600. The van der Waals surface area contributed by atoms with Crippen molar-refractivity contribution in [2.24, 2.45) is 0 Å². The van der Waals surface area contributed by atoms with Gasteiger partial charge in [-0.1, -0.05) is 6.08 Å². The Labute approximate surface area is 71.0 Å². The summed E-state index contributed by atoms with van der Waals surface area (Å²) in [6, 6.07) is 3.99. The fourth-order valence-electron chi connectivity index (χ4n) is 0.907. The average Bonchev–Trinajstić information content (AvgIpc) is 2.36. The molecule has 1 rings (SSSR count). The Balaban J connectivity index is 2.67. The summed E-state index contributed by atoms with van der Waals surface area (Å²) in [5.74, 6) is 0. The van der Waals surface area contributed by atoms with Crippen molar-refractivity contribution in [3.8, 4) is 0 Å². The molecule has 0 bridgehead atoms. The molecule has 0 radical (unpaired) electrons. The smallest absolute Gasteiger partial charge is 0.0916 e. The lowest BCUT2D eigenvalue weighted by Crippen LogP contribution is -1.90. The van der Waals surface area contributed by atoms with Gasteiger partial charge in [0.05, 0.1) is 6.10 Å². The first kappa shape index (κ1) is 8.50. The van der Waals surface area contributed by atoms with Crippen molar-refractivity contribution in [1.29, 1.82) is 0 Å². The Kier molecular flexibility index (Phi) is 2.85. The monoisotopic (exact) mass is 168 g/mol. The Morgan fingerprint density at radius 2 is 2.45 bits per heavy atom. The van der Waals surface area contributed by atoms with Gasteiger partial charge in [0.15, 0.2) is 0 Å². The predicted octanol–water partition coefficient (Wildman–Crippen LogP) is 2.67. The normalized spacial score (nSPS) is 12.9. The minimum Gasteiger partial charge on any atom is -0.387 e. The lowest BCUT2D eigenvalue weighted by molar-refractivity contribution is 0.185. The van der Waals surface area contributed by atoms with Gasteiger partial charge < -0.3 is 5.11 Å².